The van der Waals surface area contributed by atoms with Crippen molar-refractivity contribution in [1.29, 1.82) is 0 Å². The van der Waals surface area contributed by atoms with Crippen molar-refractivity contribution in [2.45, 2.75) is 11.9 Å². The number of alkyl halides is 1. The van der Waals surface area contributed by atoms with Crippen molar-refractivity contribution < 1.29 is 13.9 Å². The highest BCUT2D eigenvalue weighted by Crippen LogP contribution is 2.22. The molecule has 0 atom stereocenters. The second-order valence-corrected chi connectivity index (χ2v) is 4.54. The molecular formula is C15H14BrFO2. The third kappa shape index (κ3) is 4.33. The second kappa shape index (κ2) is 7.26. The second-order valence-electron chi connectivity index (χ2n) is 3.98. The highest BCUT2D eigenvalue weighted by Gasteiger charge is 2.04. The molecule has 2 aromatic carbocycles. The maximum Gasteiger partial charge on any atom is 0.189 e. The van der Waals surface area contributed by atoms with Gasteiger partial charge >= 0.3 is 0 Å². The summed E-state index contributed by atoms with van der Waals surface area (Å²) in [7, 11) is 0. The molecule has 0 aliphatic heterocycles. The molecule has 19 heavy (non-hydrogen) atoms. The topological polar surface area (TPSA) is 18.5 Å². The van der Waals surface area contributed by atoms with Gasteiger partial charge in [-0.25, -0.2) is 4.39 Å². The largest absolute Gasteiger partial charge is 0.467 e. The third-order valence-electron chi connectivity index (χ3n) is 2.58. The summed E-state index contributed by atoms with van der Waals surface area (Å²) in [6, 6.07) is 14.3. The Kier molecular flexibility index (Phi) is 5.36. The molecule has 0 aromatic heterocycles. The molecule has 0 spiro atoms. The van der Waals surface area contributed by atoms with E-state index in [0.29, 0.717) is 17.7 Å². The van der Waals surface area contributed by atoms with Gasteiger partial charge in [0.05, 0.1) is 6.61 Å². The highest BCUT2D eigenvalue weighted by molar-refractivity contribution is 9.08. The first-order chi connectivity index (χ1) is 9.29. The van der Waals surface area contributed by atoms with E-state index in [2.05, 4.69) is 15.9 Å². The Morgan fingerprint density at radius 1 is 1.05 bits per heavy atom. The van der Waals surface area contributed by atoms with Crippen molar-refractivity contribution in [2.75, 3.05) is 6.79 Å². The maximum absolute atomic E-state index is 13.0. The molecule has 0 unspecified atom stereocenters. The molecule has 0 bridgehead atoms. The van der Waals surface area contributed by atoms with Crippen molar-refractivity contribution in [2.24, 2.45) is 0 Å². The molecule has 2 nitrogen and oxygen atoms in total. The lowest BCUT2D eigenvalue weighted by atomic mass is 10.2. The summed E-state index contributed by atoms with van der Waals surface area (Å²) in [5.41, 5.74) is 1.86. The first-order valence-electron chi connectivity index (χ1n) is 5.88. The van der Waals surface area contributed by atoms with Crippen LogP contribution in [0.3, 0.4) is 0 Å². The molecule has 2 rings (SSSR count). The SMILES string of the molecule is Fc1ccc(OCOCc2ccccc2)c(CBr)c1. The normalized spacial score (nSPS) is 10.4. The molecule has 2 aromatic rings. The van der Waals surface area contributed by atoms with Gasteiger partial charge in [-0.1, -0.05) is 46.3 Å². The molecule has 100 valence electrons. The summed E-state index contributed by atoms with van der Waals surface area (Å²) < 4.78 is 23.9. The van der Waals surface area contributed by atoms with Crippen molar-refractivity contribution in [3.05, 3.63) is 65.5 Å². The number of hydrogen-bond acceptors (Lipinski definition) is 2. The van der Waals surface area contributed by atoms with E-state index in [-0.39, 0.29) is 12.6 Å². The van der Waals surface area contributed by atoms with Crippen LogP contribution in [-0.2, 0) is 16.7 Å². The monoisotopic (exact) mass is 324 g/mol. The molecule has 0 N–H and O–H groups in total. The minimum atomic E-state index is -0.271. The average molecular weight is 325 g/mol. The van der Waals surface area contributed by atoms with Crippen LogP contribution in [0.5, 0.6) is 5.75 Å². The van der Waals surface area contributed by atoms with Crippen LogP contribution in [0.15, 0.2) is 48.5 Å². The Morgan fingerprint density at radius 2 is 1.84 bits per heavy atom. The average Bonchev–Trinajstić information content (AvgIpc) is 2.46. The summed E-state index contributed by atoms with van der Waals surface area (Å²) >= 11 is 3.30. The van der Waals surface area contributed by atoms with E-state index in [1.807, 2.05) is 30.3 Å². The van der Waals surface area contributed by atoms with Gasteiger partial charge in [0, 0.05) is 10.9 Å². The third-order valence-corrected chi connectivity index (χ3v) is 3.18. The Labute approximate surface area is 120 Å². The first kappa shape index (κ1) is 14.0. The summed E-state index contributed by atoms with van der Waals surface area (Å²) in [5.74, 6) is 0.360. The fraction of sp³-hybridized carbons (Fsp3) is 0.200. The summed E-state index contributed by atoms with van der Waals surface area (Å²) in [5, 5.41) is 0.540. The smallest absolute Gasteiger partial charge is 0.189 e. The Morgan fingerprint density at radius 3 is 2.58 bits per heavy atom. The minimum Gasteiger partial charge on any atom is -0.467 e. The van der Waals surface area contributed by atoms with Gasteiger partial charge in [-0.05, 0) is 23.8 Å². The number of halogens is 2. The predicted molar refractivity (Wildman–Crippen MR) is 75.8 cm³/mol. The van der Waals surface area contributed by atoms with Crippen LogP contribution in [0.4, 0.5) is 4.39 Å². The Hall–Kier alpha value is -1.39. The van der Waals surface area contributed by atoms with Crippen molar-refractivity contribution in [3.63, 3.8) is 0 Å². The van der Waals surface area contributed by atoms with E-state index in [9.17, 15) is 4.39 Å². The summed E-state index contributed by atoms with van der Waals surface area (Å²) in [4.78, 5) is 0. The molecule has 0 saturated carbocycles. The van der Waals surface area contributed by atoms with E-state index >= 15 is 0 Å². The van der Waals surface area contributed by atoms with Gasteiger partial charge in [0.1, 0.15) is 11.6 Å². The van der Waals surface area contributed by atoms with Gasteiger partial charge in [0.2, 0.25) is 0 Å². The van der Waals surface area contributed by atoms with Gasteiger partial charge < -0.3 is 9.47 Å². The fourth-order valence-corrected chi connectivity index (χ4v) is 2.07. The van der Waals surface area contributed by atoms with Gasteiger partial charge in [0.15, 0.2) is 6.79 Å². The van der Waals surface area contributed by atoms with Gasteiger partial charge in [0.25, 0.3) is 0 Å². The van der Waals surface area contributed by atoms with E-state index in [1.165, 1.54) is 12.1 Å². The quantitative estimate of drug-likeness (QED) is 0.448. The van der Waals surface area contributed by atoms with Crippen molar-refractivity contribution in [3.8, 4) is 5.75 Å². The molecule has 4 heteroatoms. The van der Waals surface area contributed by atoms with Crippen LogP contribution < -0.4 is 4.74 Å². The summed E-state index contributed by atoms with van der Waals surface area (Å²) in [6.45, 7) is 0.631. The number of benzene rings is 2. The van der Waals surface area contributed by atoms with Crippen LogP contribution in [0.2, 0.25) is 0 Å². The van der Waals surface area contributed by atoms with E-state index in [1.54, 1.807) is 6.07 Å². The standard InChI is InChI=1S/C15H14BrFO2/c16-9-13-8-14(17)6-7-15(13)19-11-18-10-12-4-2-1-3-5-12/h1-8H,9-11H2. The predicted octanol–water partition coefficient (Wildman–Crippen LogP) is 4.27. The molecule has 0 aliphatic rings. The van der Waals surface area contributed by atoms with Crippen LogP contribution in [0.1, 0.15) is 11.1 Å². The van der Waals surface area contributed by atoms with Crippen LogP contribution in [-0.4, -0.2) is 6.79 Å². The number of ether oxygens (including phenoxy) is 2. The molecule has 0 heterocycles. The molecule has 0 radical (unpaired) electrons. The number of rotatable bonds is 6. The molecule has 0 saturated heterocycles. The van der Waals surface area contributed by atoms with Crippen molar-refractivity contribution in [1.82, 2.24) is 0 Å². The van der Waals surface area contributed by atoms with Crippen molar-refractivity contribution >= 4 is 15.9 Å². The zero-order valence-electron chi connectivity index (χ0n) is 10.3. The zero-order valence-corrected chi connectivity index (χ0v) is 11.9. The highest BCUT2D eigenvalue weighted by atomic mass is 79.9. The first-order valence-corrected chi connectivity index (χ1v) is 7.00. The lowest BCUT2D eigenvalue weighted by Gasteiger charge is -2.10. The van der Waals surface area contributed by atoms with E-state index in [4.69, 9.17) is 9.47 Å². The molecule has 0 fully saturated rings. The number of hydrogen-bond donors (Lipinski definition) is 0. The van der Waals surface area contributed by atoms with Crippen LogP contribution in [0, 0.1) is 5.82 Å². The Bertz CT molecular complexity index is 517. The van der Waals surface area contributed by atoms with Gasteiger partial charge in [-0.2, -0.15) is 0 Å². The zero-order chi connectivity index (χ0) is 13.5. The minimum absolute atomic E-state index is 0.139. The lowest BCUT2D eigenvalue weighted by molar-refractivity contribution is 0.00462. The molecule has 0 aliphatic carbocycles. The van der Waals surface area contributed by atoms with Gasteiger partial charge in [-0.15, -0.1) is 0 Å². The molecular weight excluding hydrogens is 311 g/mol. The lowest BCUT2D eigenvalue weighted by Crippen LogP contribution is -2.04. The van der Waals surface area contributed by atoms with E-state index in [0.717, 1.165) is 11.1 Å². The summed E-state index contributed by atoms with van der Waals surface area (Å²) in [6.07, 6.45) is 0. The fourth-order valence-electron chi connectivity index (χ4n) is 1.63. The van der Waals surface area contributed by atoms with Crippen LogP contribution in [0.25, 0.3) is 0 Å². The van der Waals surface area contributed by atoms with Crippen LogP contribution >= 0.6 is 15.9 Å². The van der Waals surface area contributed by atoms with Gasteiger partial charge in [-0.3, -0.25) is 0 Å². The maximum atomic E-state index is 13.0. The Balaban J connectivity index is 1.83. The van der Waals surface area contributed by atoms with E-state index < -0.39 is 0 Å². The molecule has 0 amide bonds.